The smallest absolute Gasteiger partial charge is 0.221 e. The fraction of sp³-hybridized carbons (Fsp3) is 0.579. The van der Waals surface area contributed by atoms with Gasteiger partial charge in [0.1, 0.15) is 0 Å². The van der Waals surface area contributed by atoms with Crippen LogP contribution in [-0.4, -0.2) is 49.4 Å². The molecule has 0 aliphatic carbocycles. The molecular weight excluding hydrogens is 338 g/mol. The lowest BCUT2D eigenvalue weighted by molar-refractivity contribution is -0.122. The van der Waals surface area contributed by atoms with Crippen molar-refractivity contribution in [2.24, 2.45) is 0 Å². The summed E-state index contributed by atoms with van der Waals surface area (Å²) in [5, 5.41) is 6.44. The van der Waals surface area contributed by atoms with Gasteiger partial charge in [0.2, 0.25) is 11.8 Å². The molecule has 5 nitrogen and oxygen atoms in total. The Morgan fingerprint density at radius 3 is 2.52 bits per heavy atom. The van der Waals surface area contributed by atoms with Crippen LogP contribution in [0.2, 0.25) is 5.02 Å². The van der Waals surface area contributed by atoms with Gasteiger partial charge in [0, 0.05) is 43.5 Å². The maximum Gasteiger partial charge on any atom is 0.221 e. The van der Waals surface area contributed by atoms with Crippen LogP contribution in [0.3, 0.4) is 0 Å². The summed E-state index contributed by atoms with van der Waals surface area (Å²) in [5.41, 5.74) is 1.20. The topological polar surface area (TPSA) is 61.4 Å². The Morgan fingerprint density at radius 2 is 1.84 bits per heavy atom. The van der Waals surface area contributed by atoms with Gasteiger partial charge >= 0.3 is 0 Å². The van der Waals surface area contributed by atoms with E-state index in [9.17, 15) is 9.59 Å². The number of nitrogens with zero attached hydrogens (tertiary/aromatic N) is 1. The standard InChI is InChI=1S/C19H28ClN3O2/c1-21-19(25)12-16-10-11-17(23(16)2)13-22-18(24)5-3-4-14-6-8-15(20)9-7-14/h6-9,16-17H,3-5,10-13H2,1-2H3,(H,21,25)(H,22,24)/t16-,17+/m1/s1. The lowest BCUT2D eigenvalue weighted by atomic mass is 10.1. The largest absolute Gasteiger partial charge is 0.359 e. The van der Waals surface area contributed by atoms with Gasteiger partial charge in [0.25, 0.3) is 0 Å². The number of aryl methyl sites for hydroxylation is 1. The maximum atomic E-state index is 12.0. The molecule has 0 bridgehead atoms. The van der Waals surface area contributed by atoms with Crippen molar-refractivity contribution in [1.29, 1.82) is 0 Å². The second-order valence-corrected chi connectivity index (χ2v) is 7.15. The summed E-state index contributed by atoms with van der Waals surface area (Å²) in [7, 11) is 3.71. The second-order valence-electron chi connectivity index (χ2n) is 6.71. The highest BCUT2D eigenvalue weighted by Gasteiger charge is 2.31. The number of carbonyl (C=O) groups is 2. The van der Waals surface area contributed by atoms with Crippen molar-refractivity contribution in [3.63, 3.8) is 0 Å². The summed E-state index contributed by atoms with van der Waals surface area (Å²) >= 11 is 5.87. The summed E-state index contributed by atoms with van der Waals surface area (Å²) < 4.78 is 0. The first kappa shape index (κ1) is 19.7. The first-order chi connectivity index (χ1) is 12.0. The zero-order valence-electron chi connectivity index (χ0n) is 15.1. The zero-order chi connectivity index (χ0) is 18.2. The van der Waals surface area contributed by atoms with Gasteiger partial charge in [-0.3, -0.25) is 14.5 Å². The molecule has 0 saturated carbocycles. The predicted molar refractivity (Wildman–Crippen MR) is 101 cm³/mol. The van der Waals surface area contributed by atoms with E-state index in [0.717, 1.165) is 30.7 Å². The Hall–Kier alpha value is -1.59. The minimum Gasteiger partial charge on any atom is -0.359 e. The van der Waals surface area contributed by atoms with E-state index in [2.05, 4.69) is 15.5 Å². The lowest BCUT2D eigenvalue weighted by Gasteiger charge is -2.25. The van der Waals surface area contributed by atoms with Gasteiger partial charge in [0.05, 0.1) is 0 Å². The number of likely N-dealkylation sites (N-methyl/N-ethyl adjacent to an activating group) is 1. The van der Waals surface area contributed by atoms with E-state index in [4.69, 9.17) is 11.6 Å². The Morgan fingerprint density at radius 1 is 1.16 bits per heavy atom. The van der Waals surface area contributed by atoms with Crippen LogP contribution in [0.15, 0.2) is 24.3 Å². The van der Waals surface area contributed by atoms with Crippen molar-refractivity contribution in [3.05, 3.63) is 34.9 Å². The van der Waals surface area contributed by atoms with E-state index in [-0.39, 0.29) is 17.9 Å². The third-order valence-corrected chi connectivity index (χ3v) is 5.25. The molecule has 1 fully saturated rings. The minimum absolute atomic E-state index is 0.0729. The number of carbonyl (C=O) groups excluding carboxylic acids is 2. The van der Waals surface area contributed by atoms with Crippen LogP contribution in [0.5, 0.6) is 0 Å². The molecule has 1 aliphatic heterocycles. The van der Waals surface area contributed by atoms with Crippen LogP contribution < -0.4 is 10.6 Å². The number of likely N-dealkylation sites (tertiary alicyclic amines) is 1. The molecule has 0 aromatic heterocycles. The molecule has 6 heteroatoms. The predicted octanol–water partition coefficient (Wildman–Crippen LogP) is 2.38. The highest BCUT2D eigenvalue weighted by atomic mass is 35.5. The molecule has 25 heavy (non-hydrogen) atoms. The molecule has 0 radical (unpaired) electrons. The number of benzene rings is 1. The monoisotopic (exact) mass is 365 g/mol. The minimum atomic E-state index is 0.0729. The Kier molecular flexibility index (Phi) is 7.72. The third kappa shape index (κ3) is 6.33. The number of nitrogens with one attached hydrogen (secondary N) is 2. The third-order valence-electron chi connectivity index (χ3n) is 5.00. The van der Waals surface area contributed by atoms with Crippen LogP contribution in [0.4, 0.5) is 0 Å². The SMILES string of the molecule is CNC(=O)C[C@H]1CC[C@@H](CNC(=O)CCCc2ccc(Cl)cc2)N1C. The van der Waals surface area contributed by atoms with Crippen LogP contribution >= 0.6 is 11.6 Å². The summed E-state index contributed by atoms with van der Waals surface area (Å²) in [4.78, 5) is 25.8. The van der Waals surface area contributed by atoms with Crippen molar-refractivity contribution in [2.75, 3.05) is 20.6 Å². The summed E-state index contributed by atoms with van der Waals surface area (Å²) in [6.07, 6.45) is 4.78. The number of amides is 2. The fourth-order valence-electron chi connectivity index (χ4n) is 3.32. The summed E-state index contributed by atoms with van der Waals surface area (Å²) in [5.74, 6) is 0.167. The van der Waals surface area contributed by atoms with Crippen molar-refractivity contribution in [3.8, 4) is 0 Å². The Balaban J connectivity index is 1.64. The average Bonchev–Trinajstić information content (AvgIpc) is 2.94. The number of halogens is 1. The van der Waals surface area contributed by atoms with Crippen LogP contribution in [0, 0.1) is 0 Å². The molecule has 138 valence electrons. The second kappa shape index (κ2) is 9.78. The van der Waals surface area contributed by atoms with Gasteiger partial charge in [-0.15, -0.1) is 0 Å². The van der Waals surface area contributed by atoms with Crippen molar-refractivity contribution in [2.45, 2.75) is 50.6 Å². The van der Waals surface area contributed by atoms with Gasteiger partial charge in [0.15, 0.2) is 0 Å². The van der Waals surface area contributed by atoms with E-state index in [1.54, 1.807) is 7.05 Å². The highest BCUT2D eigenvalue weighted by molar-refractivity contribution is 6.30. The molecule has 2 amide bonds. The van der Waals surface area contributed by atoms with Crippen LogP contribution in [0.25, 0.3) is 0 Å². The maximum absolute atomic E-state index is 12.0. The summed E-state index contributed by atoms with van der Waals surface area (Å²) in [6.45, 7) is 0.653. The van der Waals surface area contributed by atoms with Crippen molar-refractivity contribution >= 4 is 23.4 Å². The molecule has 0 unspecified atom stereocenters. The first-order valence-electron chi connectivity index (χ1n) is 8.93. The molecule has 1 aromatic rings. The van der Waals surface area contributed by atoms with E-state index < -0.39 is 0 Å². The summed E-state index contributed by atoms with van der Waals surface area (Å²) in [6, 6.07) is 8.34. The molecular formula is C19H28ClN3O2. The van der Waals surface area contributed by atoms with Gasteiger partial charge in [-0.2, -0.15) is 0 Å². The Labute approximate surface area is 155 Å². The number of hydrogen-bond acceptors (Lipinski definition) is 3. The number of rotatable bonds is 8. The van der Waals surface area contributed by atoms with E-state index >= 15 is 0 Å². The van der Waals surface area contributed by atoms with Crippen LogP contribution in [0.1, 0.15) is 37.7 Å². The van der Waals surface area contributed by atoms with E-state index in [1.807, 2.05) is 31.3 Å². The molecule has 1 heterocycles. The highest BCUT2D eigenvalue weighted by Crippen LogP contribution is 2.24. The molecule has 2 N–H and O–H groups in total. The zero-order valence-corrected chi connectivity index (χ0v) is 15.8. The molecule has 2 rings (SSSR count). The molecule has 1 aliphatic rings. The molecule has 1 saturated heterocycles. The lowest BCUT2D eigenvalue weighted by Crippen LogP contribution is -2.42. The number of hydrogen-bond donors (Lipinski definition) is 2. The van der Waals surface area contributed by atoms with E-state index in [1.165, 1.54) is 5.56 Å². The fourth-order valence-corrected chi connectivity index (χ4v) is 3.45. The quantitative estimate of drug-likeness (QED) is 0.743. The van der Waals surface area contributed by atoms with Gasteiger partial charge < -0.3 is 10.6 Å². The first-order valence-corrected chi connectivity index (χ1v) is 9.31. The van der Waals surface area contributed by atoms with Crippen molar-refractivity contribution < 1.29 is 9.59 Å². The van der Waals surface area contributed by atoms with E-state index in [0.29, 0.717) is 25.4 Å². The normalized spacial score (nSPS) is 20.4. The van der Waals surface area contributed by atoms with Crippen LogP contribution in [-0.2, 0) is 16.0 Å². The molecule has 1 aromatic carbocycles. The Bertz CT molecular complexity index is 577. The van der Waals surface area contributed by atoms with Gasteiger partial charge in [-0.05, 0) is 50.4 Å². The van der Waals surface area contributed by atoms with Gasteiger partial charge in [-0.25, -0.2) is 0 Å². The molecule has 0 spiro atoms. The van der Waals surface area contributed by atoms with Gasteiger partial charge in [-0.1, -0.05) is 23.7 Å². The average molecular weight is 366 g/mol. The van der Waals surface area contributed by atoms with Crippen molar-refractivity contribution in [1.82, 2.24) is 15.5 Å². The molecule has 2 atom stereocenters.